The minimum atomic E-state index is -0.0324. The van der Waals surface area contributed by atoms with Crippen LogP contribution in [0.2, 0.25) is 0 Å². The Labute approximate surface area is 116 Å². The number of thioether (sulfide) groups is 1. The molecule has 0 spiro atoms. The average molecular weight is 276 g/mol. The van der Waals surface area contributed by atoms with Gasteiger partial charge in [-0.3, -0.25) is 9.59 Å². The van der Waals surface area contributed by atoms with Gasteiger partial charge in [-0.15, -0.1) is 11.8 Å². The normalized spacial score (nSPS) is 25.6. The van der Waals surface area contributed by atoms with Gasteiger partial charge in [-0.2, -0.15) is 0 Å². The Hall–Kier alpha value is -1.49. The first-order chi connectivity index (χ1) is 9.22. The summed E-state index contributed by atoms with van der Waals surface area (Å²) in [5, 5.41) is 5.79. The SMILES string of the molecule is O=C1CCC(NC(=O)C2Cc3ccccc3S2)CN1. The van der Waals surface area contributed by atoms with E-state index >= 15 is 0 Å². The zero-order valence-electron chi connectivity index (χ0n) is 10.5. The number of nitrogens with one attached hydrogen (secondary N) is 2. The Bertz CT molecular complexity index is 483. The number of hydrogen-bond acceptors (Lipinski definition) is 3. The summed E-state index contributed by atoms with van der Waals surface area (Å²) in [6.45, 7) is 0.551. The highest BCUT2D eigenvalue weighted by molar-refractivity contribution is 8.01. The molecule has 5 heteroatoms. The zero-order chi connectivity index (χ0) is 13.2. The lowest BCUT2D eigenvalue weighted by molar-refractivity contribution is -0.125. The number of amides is 2. The van der Waals surface area contributed by atoms with E-state index in [4.69, 9.17) is 0 Å². The maximum atomic E-state index is 12.2. The van der Waals surface area contributed by atoms with Crippen LogP contribution in [0.25, 0.3) is 0 Å². The largest absolute Gasteiger partial charge is 0.354 e. The molecule has 1 fully saturated rings. The number of carbonyl (C=O) groups excluding carboxylic acids is 2. The predicted molar refractivity (Wildman–Crippen MR) is 74.0 cm³/mol. The fraction of sp³-hybridized carbons (Fsp3) is 0.429. The highest BCUT2D eigenvalue weighted by atomic mass is 32.2. The van der Waals surface area contributed by atoms with Crippen LogP contribution in [0.1, 0.15) is 18.4 Å². The van der Waals surface area contributed by atoms with Crippen LogP contribution in [0.4, 0.5) is 0 Å². The van der Waals surface area contributed by atoms with Crippen molar-refractivity contribution in [3.05, 3.63) is 29.8 Å². The molecule has 1 aromatic rings. The smallest absolute Gasteiger partial charge is 0.234 e. The zero-order valence-corrected chi connectivity index (χ0v) is 11.3. The maximum Gasteiger partial charge on any atom is 0.234 e. The number of rotatable bonds is 2. The summed E-state index contributed by atoms with van der Waals surface area (Å²) in [5.74, 6) is 0.162. The maximum absolute atomic E-state index is 12.2. The molecule has 1 aromatic carbocycles. The molecule has 0 bridgehead atoms. The van der Waals surface area contributed by atoms with E-state index in [-0.39, 0.29) is 23.1 Å². The second-order valence-corrected chi connectivity index (χ2v) is 6.21. The van der Waals surface area contributed by atoms with Gasteiger partial charge in [-0.1, -0.05) is 18.2 Å². The first-order valence-corrected chi connectivity index (χ1v) is 7.42. The predicted octanol–water partition coefficient (Wildman–Crippen LogP) is 1.10. The lowest BCUT2D eigenvalue weighted by Gasteiger charge is -2.24. The summed E-state index contributed by atoms with van der Waals surface area (Å²) in [6.07, 6.45) is 2.04. The van der Waals surface area contributed by atoms with Crippen molar-refractivity contribution in [1.82, 2.24) is 10.6 Å². The summed E-state index contributed by atoms with van der Waals surface area (Å²) < 4.78 is 0. The van der Waals surface area contributed by atoms with Gasteiger partial charge in [0.15, 0.2) is 0 Å². The van der Waals surface area contributed by atoms with E-state index in [0.29, 0.717) is 13.0 Å². The monoisotopic (exact) mass is 276 g/mol. The second kappa shape index (κ2) is 5.25. The van der Waals surface area contributed by atoms with E-state index in [2.05, 4.69) is 22.8 Å². The van der Waals surface area contributed by atoms with Crippen molar-refractivity contribution in [1.29, 1.82) is 0 Å². The molecule has 3 rings (SSSR count). The molecular formula is C14H16N2O2S. The number of fused-ring (bicyclic) bond motifs is 1. The van der Waals surface area contributed by atoms with Crippen LogP contribution >= 0.6 is 11.8 Å². The quantitative estimate of drug-likeness (QED) is 0.850. The second-order valence-electron chi connectivity index (χ2n) is 4.97. The molecule has 0 saturated carbocycles. The van der Waals surface area contributed by atoms with Gasteiger partial charge in [0.1, 0.15) is 0 Å². The van der Waals surface area contributed by atoms with Crippen LogP contribution in [0.15, 0.2) is 29.2 Å². The van der Waals surface area contributed by atoms with Crippen LogP contribution in [0.3, 0.4) is 0 Å². The summed E-state index contributed by atoms with van der Waals surface area (Å²) in [5.41, 5.74) is 1.25. The lowest BCUT2D eigenvalue weighted by atomic mass is 10.1. The van der Waals surface area contributed by atoms with Gasteiger partial charge in [0.2, 0.25) is 11.8 Å². The van der Waals surface area contributed by atoms with E-state index in [1.807, 2.05) is 12.1 Å². The molecule has 2 aliphatic heterocycles. The van der Waals surface area contributed by atoms with Gasteiger partial charge in [0, 0.05) is 23.9 Å². The molecule has 2 N–H and O–H groups in total. The highest BCUT2D eigenvalue weighted by Crippen LogP contribution is 2.36. The van der Waals surface area contributed by atoms with Crippen LogP contribution < -0.4 is 10.6 Å². The van der Waals surface area contributed by atoms with Crippen molar-refractivity contribution >= 4 is 23.6 Å². The number of carbonyl (C=O) groups is 2. The van der Waals surface area contributed by atoms with Crippen molar-refractivity contribution in [2.24, 2.45) is 0 Å². The molecule has 2 atom stereocenters. The molecular weight excluding hydrogens is 260 g/mol. The molecule has 19 heavy (non-hydrogen) atoms. The molecule has 1 saturated heterocycles. The van der Waals surface area contributed by atoms with Crippen molar-refractivity contribution < 1.29 is 9.59 Å². The Kier molecular flexibility index (Phi) is 3.46. The molecule has 4 nitrogen and oxygen atoms in total. The summed E-state index contributed by atoms with van der Waals surface area (Å²) in [4.78, 5) is 24.5. The molecule has 2 amide bonds. The Balaban J connectivity index is 1.56. The summed E-state index contributed by atoms with van der Waals surface area (Å²) in [7, 11) is 0. The molecule has 100 valence electrons. The highest BCUT2D eigenvalue weighted by Gasteiger charge is 2.30. The molecule has 0 aliphatic carbocycles. The van der Waals surface area contributed by atoms with Crippen molar-refractivity contribution in [2.75, 3.05) is 6.54 Å². The van der Waals surface area contributed by atoms with E-state index in [0.717, 1.165) is 12.8 Å². The Morgan fingerprint density at radius 1 is 1.37 bits per heavy atom. The third-order valence-electron chi connectivity index (χ3n) is 3.55. The molecule has 2 unspecified atom stereocenters. The number of benzene rings is 1. The molecule has 2 heterocycles. The van der Waals surface area contributed by atoms with Crippen molar-refractivity contribution in [3.8, 4) is 0 Å². The minimum absolute atomic E-state index is 0.0324. The fourth-order valence-corrected chi connectivity index (χ4v) is 3.68. The standard InChI is InChI=1S/C14H16N2O2S/c17-13-6-5-10(8-15-13)16-14(18)12-7-9-3-1-2-4-11(9)19-12/h1-4,10,12H,5-8H2,(H,15,17)(H,16,18). The van der Waals surface area contributed by atoms with E-state index in [1.54, 1.807) is 11.8 Å². The van der Waals surface area contributed by atoms with Gasteiger partial charge >= 0.3 is 0 Å². The molecule has 0 radical (unpaired) electrons. The van der Waals surface area contributed by atoms with E-state index in [1.165, 1.54) is 10.5 Å². The van der Waals surface area contributed by atoms with Gasteiger partial charge < -0.3 is 10.6 Å². The van der Waals surface area contributed by atoms with Gasteiger partial charge in [-0.25, -0.2) is 0 Å². The number of hydrogen-bond donors (Lipinski definition) is 2. The minimum Gasteiger partial charge on any atom is -0.354 e. The number of piperidine rings is 1. The average Bonchev–Trinajstić information content (AvgIpc) is 2.85. The molecule has 2 aliphatic rings. The van der Waals surface area contributed by atoms with Crippen molar-refractivity contribution in [2.45, 2.75) is 35.4 Å². The third-order valence-corrected chi connectivity index (χ3v) is 4.87. The van der Waals surface area contributed by atoms with Crippen LogP contribution in [-0.4, -0.2) is 29.7 Å². The van der Waals surface area contributed by atoms with Gasteiger partial charge in [-0.05, 0) is 24.5 Å². The van der Waals surface area contributed by atoms with E-state index in [9.17, 15) is 9.59 Å². The van der Waals surface area contributed by atoms with Crippen LogP contribution in [0.5, 0.6) is 0 Å². The lowest BCUT2D eigenvalue weighted by Crippen LogP contribution is -2.49. The van der Waals surface area contributed by atoms with Crippen molar-refractivity contribution in [3.63, 3.8) is 0 Å². The third kappa shape index (κ3) is 2.76. The van der Waals surface area contributed by atoms with Gasteiger partial charge in [0.25, 0.3) is 0 Å². The summed E-state index contributed by atoms with van der Waals surface area (Å²) in [6, 6.07) is 8.23. The van der Waals surface area contributed by atoms with Crippen LogP contribution in [0, 0.1) is 0 Å². The first-order valence-electron chi connectivity index (χ1n) is 6.54. The summed E-state index contributed by atoms with van der Waals surface area (Å²) >= 11 is 1.63. The van der Waals surface area contributed by atoms with Crippen LogP contribution in [-0.2, 0) is 16.0 Å². The Morgan fingerprint density at radius 2 is 2.21 bits per heavy atom. The Morgan fingerprint density at radius 3 is 2.95 bits per heavy atom. The van der Waals surface area contributed by atoms with E-state index < -0.39 is 0 Å². The molecule has 0 aromatic heterocycles. The fourth-order valence-electron chi connectivity index (χ4n) is 2.48. The first kappa shape index (κ1) is 12.5. The van der Waals surface area contributed by atoms with Gasteiger partial charge in [0.05, 0.1) is 5.25 Å². The topological polar surface area (TPSA) is 58.2 Å².